The van der Waals surface area contributed by atoms with Gasteiger partial charge >= 0.3 is 6.16 Å². The molecule has 0 aromatic carbocycles. The molecule has 0 aromatic heterocycles. The maximum Gasteiger partial charge on any atom is 0.505 e. The third-order valence-electron chi connectivity index (χ3n) is 0.268. The van der Waals surface area contributed by atoms with E-state index in [9.17, 15) is 4.79 Å². The minimum atomic E-state index is -1.21. The van der Waals surface area contributed by atoms with Gasteiger partial charge in [-0.05, 0) is 6.92 Å². The van der Waals surface area contributed by atoms with Gasteiger partial charge in [0.2, 0.25) is 0 Å². The normalized spacial score (nSPS) is 6.33. The zero-order valence-electron chi connectivity index (χ0n) is 4.90. The molecular weight excluding hydrogens is 128 g/mol. The minimum absolute atomic E-state index is 0.231. The van der Waals surface area contributed by atoms with Gasteiger partial charge in [0.05, 0.1) is 6.61 Å². The molecule has 0 saturated heterocycles. The summed E-state index contributed by atoms with van der Waals surface area (Å²) in [4.78, 5) is 17.7. The van der Waals surface area contributed by atoms with Crippen LogP contribution in [0.2, 0.25) is 0 Å². The highest BCUT2D eigenvalue weighted by Gasteiger charge is 1.86. The predicted octanol–water partition coefficient (Wildman–Crippen LogP) is 0.402. The summed E-state index contributed by atoms with van der Waals surface area (Å²) >= 11 is 0. The second-order valence-corrected chi connectivity index (χ2v) is 0.804. The Hall–Kier alpha value is -1.26. The summed E-state index contributed by atoms with van der Waals surface area (Å²) in [6.45, 7) is 1.60. The van der Waals surface area contributed by atoms with Crippen LogP contribution in [-0.2, 0) is 9.53 Å². The third-order valence-corrected chi connectivity index (χ3v) is 0.268. The van der Waals surface area contributed by atoms with Crippen LogP contribution in [0.25, 0.3) is 0 Å². The van der Waals surface area contributed by atoms with Gasteiger partial charge in [-0.15, -0.1) is 0 Å². The number of carboxylic acid groups (broad SMARTS) is 2. The van der Waals surface area contributed by atoms with Gasteiger partial charge in [0, 0.05) is 0 Å². The molecule has 5 heteroatoms. The zero-order chi connectivity index (χ0) is 7.70. The fourth-order valence-electron chi connectivity index (χ4n) is 0.123. The molecule has 0 spiro atoms. The lowest BCUT2D eigenvalue weighted by atomic mass is 10.9. The second-order valence-electron chi connectivity index (χ2n) is 0.804. The largest absolute Gasteiger partial charge is 0.505 e. The van der Waals surface area contributed by atoms with E-state index in [0.717, 1.165) is 0 Å². The number of ether oxygens (including phenoxy) is 1. The van der Waals surface area contributed by atoms with Crippen LogP contribution in [0.1, 0.15) is 6.92 Å². The van der Waals surface area contributed by atoms with Crippen molar-refractivity contribution in [3.05, 3.63) is 0 Å². The van der Waals surface area contributed by atoms with E-state index >= 15 is 0 Å². The van der Waals surface area contributed by atoms with E-state index in [2.05, 4.69) is 4.74 Å². The zero-order valence-corrected chi connectivity index (χ0v) is 4.90. The topological polar surface area (TPSA) is 83.8 Å². The van der Waals surface area contributed by atoms with Crippen molar-refractivity contribution in [2.75, 3.05) is 6.61 Å². The van der Waals surface area contributed by atoms with Crippen LogP contribution in [0.4, 0.5) is 4.79 Å². The third kappa shape index (κ3) is 50.0. The summed E-state index contributed by atoms with van der Waals surface area (Å²) in [6.07, 6.45) is -1.21. The highest BCUT2D eigenvalue weighted by molar-refractivity contribution is 5.56. The molecule has 0 heterocycles. The average molecular weight is 136 g/mol. The van der Waals surface area contributed by atoms with Gasteiger partial charge in [-0.3, -0.25) is 4.79 Å². The molecule has 0 aliphatic rings. The number of hydrogen-bond acceptors (Lipinski definition) is 3. The van der Waals surface area contributed by atoms with Crippen LogP contribution in [0.3, 0.4) is 0 Å². The number of carbonyl (C=O) groups is 2. The Balaban J connectivity index is 0. The fraction of sp³-hybridized carbons (Fsp3) is 0.500. The van der Waals surface area contributed by atoms with Crippen molar-refractivity contribution >= 4 is 12.6 Å². The van der Waals surface area contributed by atoms with E-state index in [1.54, 1.807) is 6.92 Å². The molecule has 0 fully saturated rings. The first-order valence-electron chi connectivity index (χ1n) is 2.12. The molecule has 0 saturated carbocycles. The molecule has 0 rings (SSSR count). The fourth-order valence-corrected chi connectivity index (χ4v) is 0.123. The first kappa shape index (κ1) is 10.7. The molecule has 5 nitrogen and oxygen atoms in total. The lowest BCUT2D eigenvalue weighted by molar-refractivity contribution is -0.122. The first-order chi connectivity index (χ1) is 4.18. The molecule has 54 valence electrons. The Morgan fingerprint density at radius 1 is 1.78 bits per heavy atom. The van der Waals surface area contributed by atoms with Crippen LogP contribution in [-0.4, -0.2) is 29.4 Å². The Morgan fingerprint density at radius 3 is 2.11 bits per heavy atom. The molecule has 2 N–H and O–H groups in total. The van der Waals surface area contributed by atoms with Gasteiger partial charge in [-0.1, -0.05) is 0 Å². The van der Waals surface area contributed by atoms with Gasteiger partial charge in [0.1, 0.15) is 0 Å². The SMILES string of the molecule is CCOC(=O)O.O=CO. The molecule has 0 aliphatic carbocycles. The van der Waals surface area contributed by atoms with Crippen molar-refractivity contribution < 1.29 is 24.5 Å². The van der Waals surface area contributed by atoms with Crippen LogP contribution >= 0.6 is 0 Å². The first-order valence-corrected chi connectivity index (χ1v) is 2.12. The van der Waals surface area contributed by atoms with Gasteiger partial charge in [0.25, 0.3) is 6.47 Å². The number of hydrogen-bond donors (Lipinski definition) is 2. The van der Waals surface area contributed by atoms with Crippen LogP contribution in [0, 0.1) is 0 Å². The highest BCUT2D eigenvalue weighted by atomic mass is 16.7. The van der Waals surface area contributed by atoms with Crippen LogP contribution < -0.4 is 0 Å². The smallest absolute Gasteiger partial charge is 0.483 e. The maximum absolute atomic E-state index is 9.38. The Bertz CT molecular complexity index is 79.0. The van der Waals surface area contributed by atoms with Gasteiger partial charge in [0.15, 0.2) is 0 Å². The molecule has 0 bridgehead atoms. The number of rotatable bonds is 1. The van der Waals surface area contributed by atoms with Crippen molar-refractivity contribution in [1.82, 2.24) is 0 Å². The summed E-state index contributed by atoms with van der Waals surface area (Å²) in [5.74, 6) is 0. The van der Waals surface area contributed by atoms with E-state index in [1.165, 1.54) is 0 Å². The minimum Gasteiger partial charge on any atom is -0.483 e. The van der Waals surface area contributed by atoms with Crippen molar-refractivity contribution in [2.24, 2.45) is 0 Å². The van der Waals surface area contributed by atoms with Gasteiger partial charge in [-0.2, -0.15) is 0 Å². The average Bonchev–Trinajstić information content (AvgIpc) is 1.67. The quantitative estimate of drug-likeness (QED) is 0.402. The molecule has 0 aromatic rings. The van der Waals surface area contributed by atoms with Gasteiger partial charge < -0.3 is 14.9 Å². The molecule has 0 atom stereocenters. The molecular formula is C4H8O5. The summed E-state index contributed by atoms with van der Waals surface area (Å²) in [5.41, 5.74) is 0. The summed E-state index contributed by atoms with van der Waals surface area (Å²) < 4.78 is 3.96. The van der Waals surface area contributed by atoms with Crippen molar-refractivity contribution in [2.45, 2.75) is 6.92 Å². The summed E-state index contributed by atoms with van der Waals surface area (Å²) in [5, 5.41) is 14.6. The lowest BCUT2D eigenvalue weighted by Gasteiger charge is -1.87. The molecule has 0 radical (unpaired) electrons. The Morgan fingerprint density at radius 2 is 2.11 bits per heavy atom. The molecule has 0 aliphatic heterocycles. The van der Waals surface area contributed by atoms with E-state index in [-0.39, 0.29) is 13.1 Å². The van der Waals surface area contributed by atoms with Crippen LogP contribution in [0.15, 0.2) is 0 Å². The lowest BCUT2D eigenvalue weighted by Crippen LogP contribution is -1.97. The van der Waals surface area contributed by atoms with Crippen LogP contribution in [0.5, 0.6) is 0 Å². The maximum atomic E-state index is 9.38. The van der Waals surface area contributed by atoms with E-state index in [0.29, 0.717) is 0 Å². The Kier molecular flexibility index (Phi) is 11.7. The molecule has 0 unspecified atom stereocenters. The van der Waals surface area contributed by atoms with Crippen molar-refractivity contribution in [3.8, 4) is 0 Å². The summed E-state index contributed by atoms with van der Waals surface area (Å²) in [7, 11) is 0. The monoisotopic (exact) mass is 136 g/mol. The molecule has 0 amide bonds. The van der Waals surface area contributed by atoms with Crippen molar-refractivity contribution in [1.29, 1.82) is 0 Å². The second kappa shape index (κ2) is 9.88. The highest BCUT2D eigenvalue weighted by Crippen LogP contribution is 1.69. The molecule has 9 heavy (non-hydrogen) atoms. The Labute approximate surface area is 51.9 Å². The van der Waals surface area contributed by atoms with Gasteiger partial charge in [-0.25, -0.2) is 4.79 Å². The van der Waals surface area contributed by atoms with E-state index in [4.69, 9.17) is 15.0 Å². The predicted molar refractivity (Wildman–Crippen MR) is 28.3 cm³/mol. The summed E-state index contributed by atoms with van der Waals surface area (Å²) in [6, 6.07) is 0. The van der Waals surface area contributed by atoms with E-state index in [1.807, 2.05) is 0 Å². The standard InChI is InChI=1S/C3H6O3.CH2O2/c1-2-6-3(4)5;2-1-3/h2H2,1H3,(H,4,5);1H,(H,2,3). The van der Waals surface area contributed by atoms with Crippen molar-refractivity contribution in [3.63, 3.8) is 0 Å². The van der Waals surface area contributed by atoms with E-state index < -0.39 is 6.16 Å².